The fraction of sp³-hybridized carbons (Fsp3) is 0.514. The summed E-state index contributed by atoms with van der Waals surface area (Å²) in [4.78, 5) is 67.2. The van der Waals surface area contributed by atoms with Crippen molar-refractivity contribution >= 4 is 39.9 Å². The summed E-state index contributed by atoms with van der Waals surface area (Å²) in [5.74, 6) is -2.85. The molecule has 2 heterocycles. The van der Waals surface area contributed by atoms with Gasteiger partial charge in [-0.2, -0.15) is 12.7 Å². The molecule has 1 aliphatic carbocycles. The number of rotatable bonds is 9. The predicted molar refractivity (Wildman–Crippen MR) is 193 cm³/mol. The number of methoxy groups -OCH3 is 2. The largest absolute Gasteiger partial charge is 0.442 e. The molecule has 2 aliphatic heterocycles. The lowest BCUT2D eigenvalue weighted by Gasteiger charge is -2.38. The third-order valence-electron chi connectivity index (χ3n) is 8.78. The number of nitrogens with two attached hydrogens (primary N) is 1. The minimum Gasteiger partial charge on any atom is -0.442 e. The fourth-order valence-electron chi connectivity index (χ4n) is 6.09. The number of nitrogens with one attached hydrogen (secondary N) is 3. The van der Waals surface area contributed by atoms with Gasteiger partial charge in [0.1, 0.15) is 12.2 Å². The first kappa shape index (κ1) is 42.8. The highest BCUT2D eigenvalue weighted by molar-refractivity contribution is 7.87. The van der Waals surface area contributed by atoms with E-state index >= 15 is 0 Å². The maximum atomic E-state index is 13.8. The van der Waals surface area contributed by atoms with Gasteiger partial charge in [0, 0.05) is 43.9 Å². The number of Topliss-reactive ketones (excluding diaryl/α,β-unsaturated/α-hetero) is 1. The van der Waals surface area contributed by atoms with Gasteiger partial charge in [-0.05, 0) is 45.2 Å². The SMILES string of the molecule is C=CCNC1=C2C[C@@H](C)C[C@H](OC)[C@H](OC(=O)NS(=O)(=O)N3CN(C)C3)[C@@H](C)/C=C(\C)[C@H](OC(N)=O)[C@@H](OC)/C=C\C=C(/C)C(=O)NC(=CC1=O)C2=O. The molecule has 17 nitrogen and oxygen atoms in total. The highest BCUT2D eigenvalue weighted by Crippen LogP contribution is 2.30. The smallest absolute Gasteiger partial charge is 0.422 e. The monoisotopic (exact) mass is 762 g/mol. The summed E-state index contributed by atoms with van der Waals surface area (Å²) in [6.45, 7) is 10.7. The number of primary amides is 1. The number of carbonyl (C=O) groups excluding carboxylic acids is 5. The van der Waals surface area contributed by atoms with Crippen LogP contribution in [0.5, 0.6) is 0 Å². The summed E-state index contributed by atoms with van der Waals surface area (Å²) in [5, 5.41) is 5.48. The molecule has 0 aromatic heterocycles. The maximum absolute atomic E-state index is 13.8. The van der Waals surface area contributed by atoms with Crippen molar-refractivity contribution in [1.29, 1.82) is 0 Å². The minimum atomic E-state index is -4.22. The molecule has 1 saturated heterocycles. The van der Waals surface area contributed by atoms with Gasteiger partial charge >= 0.3 is 22.4 Å². The van der Waals surface area contributed by atoms with Gasteiger partial charge in [-0.3, -0.25) is 19.3 Å². The van der Waals surface area contributed by atoms with Gasteiger partial charge in [-0.1, -0.05) is 44.2 Å². The van der Waals surface area contributed by atoms with E-state index in [2.05, 4.69) is 17.2 Å². The molecule has 0 radical (unpaired) electrons. The Morgan fingerprint density at radius 3 is 2.38 bits per heavy atom. The Morgan fingerprint density at radius 2 is 1.79 bits per heavy atom. The number of nitrogens with zero attached hydrogens (tertiary/aromatic N) is 2. The molecule has 0 spiro atoms. The van der Waals surface area contributed by atoms with Crippen LogP contribution in [0.3, 0.4) is 0 Å². The quantitative estimate of drug-likeness (QED) is 0.194. The average Bonchev–Trinajstić information content (AvgIpc) is 3.06. The molecular weight excluding hydrogens is 712 g/mol. The van der Waals surface area contributed by atoms with Crippen molar-refractivity contribution in [3.8, 4) is 0 Å². The number of carbonyl (C=O) groups is 5. The maximum Gasteiger partial charge on any atom is 0.422 e. The molecule has 292 valence electrons. The number of ether oxygens (including phenoxy) is 4. The van der Waals surface area contributed by atoms with Crippen LogP contribution in [-0.2, 0) is 43.5 Å². The first-order valence-electron chi connectivity index (χ1n) is 16.8. The molecule has 0 aromatic rings. The van der Waals surface area contributed by atoms with E-state index in [1.54, 1.807) is 38.8 Å². The van der Waals surface area contributed by atoms with Crippen molar-refractivity contribution in [2.45, 2.75) is 65.0 Å². The third-order valence-corrected chi connectivity index (χ3v) is 10.1. The second-order valence-electron chi connectivity index (χ2n) is 13.2. The van der Waals surface area contributed by atoms with Crippen molar-refractivity contribution in [1.82, 2.24) is 24.6 Å². The summed E-state index contributed by atoms with van der Waals surface area (Å²) in [7, 11) is 0.249. The number of hydrogen-bond donors (Lipinski definition) is 4. The van der Waals surface area contributed by atoms with Crippen LogP contribution >= 0.6 is 0 Å². The molecule has 2 bridgehead atoms. The molecule has 3 aliphatic rings. The van der Waals surface area contributed by atoms with Crippen molar-refractivity contribution < 1.29 is 51.3 Å². The van der Waals surface area contributed by atoms with Crippen LogP contribution in [0, 0.1) is 11.8 Å². The molecule has 0 unspecified atom stereocenters. The summed E-state index contributed by atoms with van der Waals surface area (Å²) in [5.41, 5.74) is 6.00. The molecule has 6 atom stereocenters. The lowest BCUT2D eigenvalue weighted by Crippen LogP contribution is -2.59. The molecule has 0 aromatic carbocycles. The van der Waals surface area contributed by atoms with Gasteiger partial charge in [-0.15, -0.1) is 6.58 Å². The van der Waals surface area contributed by atoms with Crippen LogP contribution in [0.25, 0.3) is 0 Å². The van der Waals surface area contributed by atoms with Gasteiger partial charge in [-0.25, -0.2) is 14.3 Å². The zero-order chi connectivity index (χ0) is 39.6. The number of allylic oxidation sites excluding steroid dienone is 4. The van der Waals surface area contributed by atoms with E-state index in [0.717, 1.165) is 10.4 Å². The lowest BCUT2D eigenvalue weighted by molar-refractivity contribution is -0.120. The van der Waals surface area contributed by atoms with E-state index in [1.165, 1.54) is 45.4 Å². The Labute approximate surface area is 310 Å². The van der Waals surface area contributed by atoms with Crippen LogP contribution in [0.1, 0.15) is 40.5 Å². The van der Waals surface area contributed by atoms with E-state index in [9.17, 15) is 32.4 Å². The highest BCUT2D eigenvalue weighted by Gasteiger charge is 2.38. The predicted octanol–water partition coefficient (Wildman–Crippen LogP) is 1.68. The van der Waals surface area contributed by atoms with Crippen LogP contribution < -0.4 is 21.1 Å². The van der Waals surface area contributed by atoms with Crippen molar-refractivity contribution in [3.63, 3.8) is 0 Å². The van der Waals surface area contributed by atoms with Crippen LogP contribution in [0.4, 0.5) is 9.59 Å². The zero-order valence-corrected chi connectivity index (χ0v) is 31.9. The molecule has 3 rings (SSSR count). The number of fused-ring (bicyclic) bond motifs is 2. The summed E-state index contributed by atoms with van der Waals surface area (Å²) >= 11 is 0. The summed E-state index contributed by atoms with van der Waals surface area (Å²) < 4.78 is 51.3. The van der Waals surface area contributed by atoms with E-state index in [1.807, 2.05) is 4.72 Å². The molecule has 3 amide bonds. The Bertz CT molecular complexity index is 1710. The van der Waals surface area contributed by atoms with E-state index in [0.29, 0.717) is 5.57 Å². The Hall–Kier alpha value is -4.62. The highest BCUT2D eigenvalue weighted by atomic mass is 32.2. The molecule has 18 heteroatoms. The Kier molecular flexibility index (Phi) is 15.3. The summed E-state index contributed by atoms with van der Waals surface area (Å²) in [6, 6.07) is 0. The van der Waals surface area contributed by atoms with Gasteiger partial charge < -0.3 is 35.3 Å². The van der Waals surface area contributed by atoms with Crippen molar-refractivity contribution in [2.75, 3.05) is 41.1 Å². The van der Waals surface area contributed by atoms with E-state index < -0.39 is 76.1 Å². The lowest BCUT2D eigenvalue weighted by atomic mass is 9.85. The van der Waals surface area contributed by atoms with Crippen molar-refractivity contribution in [2.24, 2.45) is 17.6 Å². The number of ketones is 2. The fourth-order valence-corrected chi connectivity index (χ4v) is 7.17. The third kappa shape index (κ3) is 11.4. The normalized spacial score (nSPS) is 29.6. The molecule has 0 saturated carbocycles. The first-order valence-corrected chi connectivity index (χ1v) is 18.3. The number of hydrogen-bond acceptors (Lipinski definition) is 13. The summed E-state index contributed by atoms with van der Waals surface area (Å²) in [6.07, 6.45) is 2.49. The average molecular weight is 763 g/mol. The van der Waals surface area contributed by atoms with Crippen LogP contribution in [0.2, 0.25) is 0 Å². The molecule has 5 N–H and O–H groups in total. The topological polar surface area (TPSA) is 225 Å². The van der Waals surface area contributed by atoms with Crippen molar-refractivity contribution in [3.05, 3.63) is 71.1 Å². The van der Waals surface area contributed by atoms with Gasteiger partial charge in [0.05, 0.1) is 30.8 Å². The van der Waals surface area contributed by atoms with Gasteiger partial charge in [0.25, 0.3) is 5.91 Å². The standard InChI is InChI=1S/C35H50N6O11S/c1-9-13-37-29-24-14-20(2)15-28(50-8)32(52-35(46)39-53(47,48)41-18-40(6)19-41)23(5)16-22(4)31(51-34(36)45)27(49-7)12-10-11-21(3)33(44)38-25(30(24)43)17-26(29)42/h9-12,16-17,20,23,27-28,31-32,37H,1,13-15,18-19H2,2-8H3,(H2,36,45)(H,38,44)(H,39,46)/b12-10-,21-11+,22-16+/t20-,23+,27+,28+,31+,32-/m1/s1. The van der Waals surface area contributed by atoms with Gasteiger partial charge in [0.2, 0.25) is 11.6 Å². The zero-order valence-electron chi connectivity index (χ0n) is 31.0. The minimum absolute atomic E-state index is 0.0394. The molecule has 53 heavy (non-hydrogen) atoms. The van der Waals surface area contributed by atoms with Crippen LogP contribution in [-0.4, -0.2) is 113 Å². The Morgan fingerprint density at radius 1 is 1.11 bits per heavy atom. The second kappa shape index (κ2) is 18.9. The van der Waals surface area contributed by atoms with Gasteiger partial charge in [0.15, 0.2) is 6.10 Å². The molecule has 1 fully saturated rings. The van der Waals surface area contributed by atoms with E-state index in [-0.39, 0.29) is 55.3 Å². The van der Waals surface area contributed by atoms with E-state index in [4.69, 9.17) is 24.7 Å². The second-order valence-corrected chi connectivity index (χ2v) is 14.8. The van der Waals surface area contributed by atoms with Crippen LogP contribution in [0.15, 0.2) is 71.1 Å². The Balaban J connectivity index is 2.14. The molecular formula is C35H50N6O11S. The number of amides is 3. The first-order chi connectivity index (χ1) is 24.9.